The summed E-state index contributed by atoms with van der Waals surface area (Å²) in [6.45, 7) is 3.71. The molecule has 0 saturated carbocycles. The summed E-state index contributed by atoms with van der Waals surface area (Å²) in [6.07, 6.45) is 7.18. The van der Waals surface area contributed by atoms with E-state index in [4.69, 9.17) is 0 Å². The second kappa shape index (κ2) is 2.39. The highest BCUT2D eigenvalue weighted by Gasteiger charge is 2.03. The van der Waals surface area contributed by atoms with Crippen molar-refractivity contribution in [3.63, 3.8) is 0 Å². The molecule has 0 saturated heterocycles. The van der Waals surface area contributed by atoms with E-state index in [2.05, 4.69) is 36.9 Å². The summed E-state index contributed by atoms with van der Waals surface area (Å²) in [7, 11) is 0. The third kappa shape index (κ3) is 1.01. The Bertz CT molecular complexity index is 319. The molecule has 0 atom stereocenters. The van der Waals surface area contributed by atoms with Crippen LogP contribution in [0.15, 0.2) is 30.9 Å². The van der Waals surface area contributed by atoms with Gasteiger partial charge in [-0.25, -0.2) is 0 Å². The van der Waals surface area contributed by atoms with E-state index in [9.17, 15) is 0 Å². The summed E-state index contributed by atoms with van der Waals surface area (Å²) in [5, 5.41) is 0. The molecule has 0 nitrogen and oxygen atoms in total. The molecule has 0 amide bonds. The van der Waals surface area contributed by atoms with E-state index in [0.717, 1.165) is 6.42 Å². The van der Waals surface area contributed by atoms with Gasteiger partial charge in [0.15, 0.2) is 0 Å². The lowest BCUT2D eigenvalue weighted by atomic mass is 9.95. The van der Waals surface area contributed by atoms with Crippen LogP contribution in [0.3, 0.4) is 0 Å². The smallest absolute Gasteiger partial charge is 0.00999 e. The highest BCUT2D eigenvalue weighted by molar-refractivity contribution is 5.85. The first-order valence-corrected chi connectivity index (χ1v) is 3.82. The fraction of sp³-hybridized carbons (Fsp3) is 0.0909. The molecular weight excluding hydrogens is 132 g/mol. The fourth-order valence-electron chi connectivity index (χ4n) is 1.30. The van der Waals surface area contributed by atoms with Crippen molar-refractivity contribution < 1.29 is 0 Å². The van der Waals surface area contributed by atoms with E-state index in [1.807, 2.05) is 6.08 Å². The van der Waals surface area contributed by atoms with Gasteiger partial charge in [0.1, 0.15) is 0 Å². The molecule has 1 aromatic rings. The molecule has 1 aliphatic carbocycles. The molecule has 1 aromatic carbocycles. The third-order valence-corrected chi connectivity index (χ3v) is 1.97. The Kier molecular flexibility index (Phi) is 1.39. The van der Waals surface area contributed by atoms with E-state index in [1.165, 1.54) is 16.7 Å². The Morgan fingerprint density at radius 2 is 2.00 bits per heavy atom. The first-order chi connectivity index (χ1) is 5.40. The molecule has 0 aliphatic heterocycles. The maximum atomic E-state index is 3.71. The standard InChI is InChI=1S/C11H10/c1-2-3-9-4-5-10-6-7-11(10)8-9/h2,4-8H,1,3H2. The van der Waals surface area contributed by atoms with Gasteiger partial charge >= 0.3 is 0 Å². The minimum Gasteiger partial charge on any atom is -0.103 e. The van der Waals surface area contributed by atoms with Crippen LogP contribution in [-0.4, -0.2) is 0 Å². The lowest BCUT2D eigenvalue weighted by molar-refractivity contribution is 1.27. The number of benzene rings is 1. The van der Waals surface area contributed by atoms with Crippen molar-refractivity contribution in [2.75, 3.05) is 0 Å². The van der Waals surface area contributed by atoms with Crippen molar-refractivity contribution >= 4 is 12.2 Å². The van der Waals surface area contributed by atoms with Gasteiger partial charge in [-0.15, -0.1) is 6.58 Å². The summed E-state index contributed by atoms with van der Waals surface area (Å²) >= 11 is 0. The zero-order valence-corrected chi connectivity index (χ0v) is 6.38. The van der Waals surface area contributed by atoms with Crippen LogP contribution in [0.1, 0.15) is 16.7 Å². The van der Waals surface area contributed by atoms with E-state index < -0.39 is 0 Å². The molecule has 11 heavy (non-hydrogen) atoms. The van der Waals surface area contributed by atoms with Gasteiger partial charge in [0.25, 0.3) is 0 Å². The second-order valence-corrected chi connectivity index (χ2v) is 2.79. The Balaban J connectivity index is 2.34. The summed E-state index contributed by atoms with van der Waals surface area (Å²) in [5.74, 6) is 0. The average molecular weight is 142 g/mol. The molecule has 0 unspecified atom stereocenters. The quantitative estimate of drug-likeness (QED) is 0.565. The zero-order chi connectivity index (χ0) is 7.68. The van der Waals surface area contributed by atoms with Gasteiger partial charge in [0.2, 0.25) is 0 Å². The van der Waals surface area contributed by atoms with E-state index in [1.54, 1.807) is 0 Å². The lowest BCUT2D eigenvalue weighted by Crippen LogP contribution is -1.91. The Hall–Kier alpha value is -1.30. The van der Waals surface area contributed by atoms with Crippen LogP contribution >= 0.6 is 0 Å². The van der Waals surface area contributed by atoms with Gasteiger partial charge in [-0.2, -0.15) is 0 Å². The summed E-state index contributed by atoms with van der Waals surface area (Å²) in [6, 6.07) is 6.54. The molecule has 0 aromatic heterocycles. The number of fused-ring (bicyclic) bond motifs is 1. The van der Waals surface area contributed by atoms with Gasteiger partial charge in [-0.05, 0) is 23.1 Å². The Morgan fingerprint density at radius 1 is 1.18 bits per heavy atom. The molecule has 0 fully saturated rings. The predicted octanol–water partition coefficient (Wildman–Crippen LogP) is 2.90. The van der Waals surface area contributed by atoms with Crippen molar-refractivity contribution in [2.45, 2.75) is 6.42 Å². The molecule has 0 heterocycles. The minimum absolute atomic E-state index is 0.973. The predicted molar refractivity (Wildman–Crippen MR) is 49.3 cm³/mol. The van der Waals surface area contributed by atoms with Crippen LogP contribution in [0.25, 0.3) is 12.2 Å². The Morgan fingerprint density at radius 3 is 2.55 bits per heavy atom. The summed E-state index contributed by atoms with van der Waals surface area (Å²) in [4.78, 5) is 0. The lowest BCUT2D eigenvalue weighted by Gasteiger charge is -2.10. The van der Waals surface area contributed by atoms with Crippen LogP contribution < -0.4 is 0 Å². The molecule has 0 heteroatoms. The van der Waals surface area contributed by atoms with E-state index in [-0.39, 0.29) is 0 Å². The summed E-state index contributed by atoms with van der Waals surface area (Å²) in [5.41, 5.74) is 4.07. The molecule has 1 aliphatic rings. The first-order valence-electron chi connectivity index (χ1n) is 3.82. The molecule has 54 valence electrons. The number of hydrogen-bond donors (Lipinski definition) is 0. The maximum absolute atomic E-state index is 3.71. The molecule has 0 bridgehead atoms. The SMILES string of the molecule is C=CCc1ccc2c(c1)C=C2. The van der Waals surface area contributed by atoms with Crippen LogP contribution in [-0.2, 0) is 6.42 Å². The molecule has 0 radical (unpaired) electrons. The van der Waals surface area contributed by atoms with Gasteiger partial charge in [0.05, 0.1) is 0 Å². The van der Waals surface area contributed by atoms with Crippen LogP contribution in [0.5, 0.6) is 0 Å². The highest BCUT2D eigenvalue weighted by Crippen LogP contribution is 2.24. The highest BCUT2D eigenvalue weighted by atomic mass is 14.1. The average Bonchev–Trinajstić information content (AvgIpc) is 1.96. The van der Waals surface area contributed by atoms with Crippen molar-refractivity contribution in [3.05, 3.63) is 47.5 Å². The van der Waals surface area contributed by atoms with E-state index >= 15 is 0 Å². The van der Waals surface area contributed by atoms with Crippen molar-refractivity contribution in [3.8, 4) is 0 Å². The number of allylic oxidation sites excluding steroid dienone is 1. The van der Waals surface area contributed by atoms with Gasteiger partial charge in [0, 0.05) is 0 Å². The van der Waals surface area contributed by atoms with Crippen molar-refractivity contribution in [2.24, 2.45) is 0 Å². The maximum Gasteiger partial charge on any atom is -0.00999 e. The Labute approximate surface area is 66.9 Å². The fourth-order valence-corrected chi connectivity index (χ4v) is 1.30. The van der Waals surface area contributed by atoms with Gasteiger partial charge < -0.3 is 0 Å². The molecule has 0 N–H and O–H groups in total. The van der Waals surface area contributed by atoms with Crippen LogP contribution in [0.2, 0.25) is 0 Å². The minimum atomic E-state index is 0.973. The van der Waals surface area contributed by atoms with Gasteiger partial charge in [-0.1, -0.05) is 36.4 Å². The normalized spacial score (nSPS) is 12.0. The topological polar surface area (TPSA) is 0 Å². The second-order valence-electron chi connectivity index (χ2n) is 2.79. The number of rotatable bonds is 2. The van der Waals surface area contributed by atoms with Crippen LogP contribution in [0, 0.1) is 0 Å². The third-order valence-electron chi connectivity index (χ3n) is 1.97. The van der Waals surface area contributed by atoms with Crippen molar-refractivity contribution in [1.29, 1.82) is 0 Å². The van der Waals surface area contributed by atoms with Crippen LogP contribution in [0.4, 0.5) is 0 Å². The molecule has 0 spiro atoms. The summed E-state index contributed by atoms with van der Waals surface area (Å²) < 4.78 is 0. The first kappa shape index (κ1) is 6.41. The largest absolute Gasteiger partial charge is 0.103 e. The zero-order valence-electron chi connectivity index (χ0n) is 6.38. The van der Waals surface area contributed by atoms with E-state index in [0.29, 0.717) is 0 Å². The van der Waals surface area contributed by atoms with Gasteiger partial charge in [-0.3, -0.25) is 0 Å². The molecule has 2 rings (SSSR count). The van der Waals surface area contributed by atoms with Crippen molar-refractivity contribution in [1.82, 2.24) is 0 Å². The molecular formula is C11H10. The number of hydrogen-bond acceptors (Lipinski definition) is 0. The monoisotopic (exact) mass is 142 g/mol.